The van der Waals surface area contributed by atoms with Crippen molar-refractivity contribution >= 4 is 29.5 Å². The summed E-state index contributed by atoms with van der Waals surface area (Å²) in [4.78, 5) is 40.0. The number of ether oxygens (including phenoxy) is 5. The van der Waals surface area contributed by atoms with Crippen molar-refractivity contribution in [1.82, 2.24) is 0 Å². The molecule has 7 saturated carbocycles. The highest BCUT2D eigenvalue weighted by atomic mass is 16.7. The topological polar surface area (TPSA) is 168 Å². The van der Waals surface area contributed by atoms with Crippen LogP contribution in [0.15, 0.2) is 107 Å². The van der Waals surface area contributed by atoms with Crippen molar-refractivity contribution in [3.8, 4) is 0 Å². The van der Waals surface area contributed by atoms with Gasteiger partial charge in [-0.25, -0.2) is 14.4 Å². The molecule has 3 aliphatic heterocycles. The molecule has 0 bridgehead atoms. The molecule has 0 radical (unpaired) electrons. The van der Waals surface area contributed by atoms with Crippen molar-refractivity contribution in [3.63, 3.8) is 0 Å². The van der Waals surface area contributed by atoms with E-state index in [-0.39, 0.29) is 52.4 Å². The molecule has 2 aromatic carbocycles. The monoisotopic (exact) mass is 1020 g/mol. The zero-order valence-electron chi connectivity index (χ0n) is 44.4. The number of nitrogens with one attached hydrogen (secondary N) is 2. The van der Waals surface area contributed by atoms with Gasteiger partial charge >= 0.3 is 18.2 Å². The molecule has 2 amide bonds. The van der Waals surface area contributed by atoms with Crippen LogP contribution in [-0.2, 0) is 34.9 Å². The smallest absolute Gasteiger partial charge is 0.412 e. The molecule has 4 N–H and O–H groups in total. The second kappa shape index (κ2) is 17.8. The van der Waals surface area contributed by atoms with Crippen LogP contribution in [0.5, 0.6) is 0 Å². The van der Waals surface area contributed by atoms with Gasteiger partial charge in [-0.3, -0.25) is 10.6 Å². The fraction of sp³-hybridized carbons (Fsp3) is 0.603. The molecule has 3 heterocycles. The first-order valence-corrected chi connectivity index (χ1v) is 28.5. The highest BCUT2D eigenvalue weighted by molar-refractivity contribution is 5.92. The fourth-order valence-electron chi connectivity index (χ4n) is 17.4. The number of esters is 1. The Bertz CT molecular complexity index is 2830. The average molecular weight is 1020 g/mol. The summed E-state index contributed by atoms with van der Waals surface area (Å²) in [5.74, 6) is 2.26. The van der Waals surface area contributed by atoms with Crippen LogP contribution in [0.4, 0.5) is 21.0 Å². The molecule has 13 rings (SSSR count). The number of allylic oxidation sites excluding steroid dienone is 4. The number of rotatable bonds is 12. The lowest BCUT2D eigenvalue weighted by atomic mass is 9.46. The first kappa shape index (κ1) is 49.6. The molecule has 12 heteroatoms. The van der Waals surface area contributed by atoms with Gasteiger partial charge in [-0.1, -0.05) is 89.3 Å². The van der Waals surface area contributed by atoms with Crippen LogP contribution >= 0.6 is 0 Å². The Morgan fingerprint density at radius 3 is 2.29 bits per heavy atom. The van der Waals surface area contributed by atoms with E-state index in [1.807, 2.05) is 48.5 Å². The number of epoxide rings is 2. The molecule has 2 aromatic rings. The summed E-state index contributed by atoms with van der Waals surface area (Å²) < 4.78 is 32.1. The second-order valence-corrected chi connectivity index (χ2v) is 25.8. The van der Waals surface area contributed by atoms with Gasteiger partial charge in [0.1, 0.15) is 24.4 Å². The molecule has 0 aromatic heterocycles. The van der Waals surface area contributed by atoms with Crippen LogP contribution in [0.25, 0.3) is 0 Å². The maximum atomic E-state index is 14.0. The number of hydrogen-bond donors (Lipinski definition) is 4. The average Bonchev–Trinajstić information content (AvgIpc) is 4.41. The normalized spacial score (nSPS) is 41.6. The number of hydrogen-bond acceptors (Lipinski definition) is 10. The van der Waals surface area contributed by atoms with E-state index in [1.165, 1.54) is 12.0 Å². The highest BCUT2D eigenvalue weighted by Gasteiger charge is 3.00. The summed E-state index contributed by atoms with van der Waals surface area (Å²) in [5.41, 5.74) is 7.13. The maximum Gasteiger partial charge on any atom is 0.412 e. The number of carbonyl (C=O) groups is 3. The first-order chi connectivity index (χ1) is 36.0. The number of aliphatic hydroxyl groups excluding tert-OH is 2. The number of carbonyl (C=O) groups excluding carboxylic acids is 3. The largest absolute Gasteiger partial charge is 0.458 e. The van der Waals surface area contributed by atoms with Crippen molar-refractivity contribution in [2.75, 3.05) is 17.2 Å². The third-order valence-corrected chi connectivity index (χ3v) is 21.7. The lowest BCUT2D eigenvalue weighted by molar-refractivity contribution is -0.136. The van der Waals surface area contributed by atoms with Crippen molar-refractivity contribution in [2.45, 2.75) is 172 Å². The molecule has 75 heavy (non-hydrogen) atoms. The number of anilines is 2. The van der Waals surface area contributed by atoms with Crippen LogP contribution in [0.1, 0.15) is 129 Å². The van der Waals surface area contributed by atoms with Crippen molar-refractivity contribution in [3.05, 3.63) is 118 Å². The summed E-state index contributed by atoms with van der Waals surface area (Å²) in [6.07, 6.45) is 18.6. The van der Waals surface area contributed by atoms with E-state index in [9.17, 15) is 24.6 Å². The molecule has 2 saturated heterocycles. The van der Waals surface area contributed by atoms with Gasteiger partial charge in [0.2, 0.25) is 0 Å². The zero-order valence-corrected chi connectivity index (χ0v) is 44.4. The maximum absolute atomic E-state index is 14.0. The second-order valence-electron chi connectivity index (χ2n) is 25.8. The zero-order chi connectivity index (χ0) is 52.0. The lowest BCUT2D eigenvalue weighted by Gasteiger charge is -2.54. The van der Waals surface area contributed by atoms with Crippen LogP contribution in [-0.4, -0.2) is 82.8 Å². The molecule has 2 spiro atoms. The van der Waals surface area contributed by atoms with Gasteiger partial charge in [-0.05, 0) is 188 Å². The number of amides is 2. The van der Waals surface area contributed by atoms with Crippen molar-refractivity contribution < 1.29 is 48.3 Å². The predicted octanol–water partition coefficient (Wildman–Crippen LogP) is 11.5. The van der Waals surface area contributed by atoms with Gasteiger partial charge in [0.15, 0.2) is 5.60 Å². The van der Waals surface area contributed by atoms with E-state index in [4.69, 9.17) is 23.7 Å². The Morgan fingerprint density at radius 2 is 1.59 bits per heavy atom. The molecule has 8 aliphatic carbocycles. The van der Waals surface area contributed by atoms with Crippen molar-refractivity contribution in [1.29, 1.82) is 0 Å². The Labute approximate surface area is 441 Å². The minimum absolute atomic E-state index is 0.0636. The Kier molecular flexibility index (Phi) is 11.7. The van der Waals surface area contributed by atoms with E-state index >= 15 is 0 Å². The first-order valence-electron chi connectivity index (χ1n) is 28.5. The molecule has 3 unspecified atom stereocenters. The van der Waals surface area contributed by atoms with Crippen molar-refractivity contribution in [2.24, 2.45) is 57.7 Å². The SMILES string of the molecule is C=C1/C(=C\C=C2/CCC[C@@]3(C)C2CCC3[C@@H](C)/C=C/C(OC(=O)Nc2ccc(Cc3ccc(NC(=O)O[C@@H]4[C@@]5(C(C)C)C[C@H]5[C@@H]5O[C@]56[C@]45O[C@H]5C[C@H]4C5=C(CC[C@@]46C)C(=O)OC5)cc3)cc2)C2CC2)C[C@@H](O)C[C@@H]1O. The summed E-state index contributed by atoms with van der Waals surface area (Å²) in [6.45, 7) is 16.1. The minimum atomic E-state index is -0.701. The van der Waals surface area contributed by atoms with E-state index in [2.05, 4.69) is 76.1 Å². The molecule has 9 fully saturated rings. The summed E-state index contributed by atoms with van der Waals surface area (Å²) in [7, 11) is 0. The van der Waals surface area contributed by atoms with Crippen LogP contribution in [0.3, 0.4) is 0 Å². The molecule has 11 aliphatic rings. The van der Waals surface area contributed by atoms with E-state index < -0.39 is 41.7 Å². The summed E-state index contributed by atoms with van der Waals surface area (Å²) in [6, 6.07) is 15.7. The lowest BCUT2D eigenvalue weighted by Crippen LogP contribution is -2.68. The molecule has 398 valence electrons. The van der Waals surface area contributed by atoms with E-state index in [0.717, 1.165) is 91.2 Å². The Morgan fingerprint density at radius 1 is 0.867 bits per heavy atom. The molecular weight excluding hydrogens is 945 g/mol. The van der Waals surface area contributed by atoms with E-state index in [0.29, 0.717) is 73.3 Å². The van der Waals surface area contributed by atoms with Gasteiger partial charge in [0, 0.05) is 34.2 Å². The molecule has 12 nitrogen and oxygen atoms in total. The van der Waals surface area contributed by atoms with Gasteiger partial charge < -0.3 is 33.9 Å². The molecule has 16 atom stereocenters. The number of fused-ring (bicyclic) bond motifs is 5. The third kappa shape index (κ3) is 7.74. The Balaban J connectivity index is 0.606. The van der Waals surface area contributed by atoms with Gasteiger partial charge in [0.05, 0.1) is 24.4 Å². The predicted molar refractivity (Wildman–Crippen MR) is 283 cm³/mol. The number of aliphatic hydroxyl groups is 2. The van der Waals surface area contributed by atoms with Crippen LogP contribution < -0.4 is 10.6 Å². The van der Waals surface area contributed by atoms with Crippen LogP contribution in [0, 0.1) is 57.7 Å². The van der Waals surface area contributed by atoms with Gasteiger partial charge in [0.25, 0.3) is 0 Å². The quantitative estimate of drug-likeness (QED) is 0.0695. The fourth-order valence-corrected chi connectivity index (χ4v) is 17.4. The standard InChI is InChI=1S/C63H76N2O10/c1-34(2)61-32-50(61)54-63(75-54)60(6)27-25-45-46(33-71-55(45)68)49(60)31-53-62(63,74-53)56(61)73-58(70)65-43-20-12-38(13-21-43)28-37-10-18-42(19-11-37)64-57(69)72-52(40-15-16-40)24-9-35(3)47-22-23-48-39(8-7-26-59(47,48)5)14-17-41-29-44(66)30-51(67)36(41)4/h9-14,17-21,24,34-35,40,44,47-54,56,66-67H,4,7-8,15-16,22-23,25-33H2,1-3,5-6H3,(H,64,69)(H,65,70)/b24-9+,39-14+,41-17-/t35-,44+,47?,48?,49-,50-,51-,52?,53-,54-,56+,59+,60-,61+,62+,63+/m0/s1. The number of cyclic esters (lactones) is 1. The van der Waals surface area contributed by atoms with E-state index in [1.54, 1.807) is 0 Å². The van der Waals surface area contributed by atoms with Gasteiger partial charge in [-0.2, -0.15) is 0 Å². The van der Waals surface area contributed by atoms with Gasteiger partial charge in [-0.15, -0.1) is 0 Å². The van der Waals surface area contributed by atoms with Crippen LogP contribution in [0.2, 0.25) is 0 Å². The summed E-state index contributed by atoms with van der Waals surface area (Å²) in [5, 5.41) is 26.7. The third-order valence-electron chi connectivity index (χ3n) is 21.7. The molecular formula is C63H76N2O10. The highest BCUT2D eigenvalue weighted by Crippen LogP contribution is 2.87. The minimum Gasteiger partial charge on any atom is -0.458 e. The summed E-state index contributed by atoms with van der Waals surface area (Å²) >= 11 is 0. The number of benzene rings is 2. The Hall–Kier alpha value is -5.01.